The molecule has 16 heavy (non-hydrogen) atoms. The second kappa shape index (κ2) is 3.65. The van der Waals surface area contributed by atoms with Gasteiger partial charge < -0.3 is 5.11 Å². The maximum atomic E-state index is 12.8. The molecular formula is C7H3F5N2O2. The van der Waals surface area contributed by atoms with E-state index in [1.165, 1.54) is 0 Å². The highest BCUT2D eigenvalue weighted by molar-refractivity contribution is 5.76. The first kappa shape index (κ1) is 12.3. The normalized spacial score (nSPS) is 12.6. The Labute approximate surface area is 84.7 Å². The van der Waals surface area contributed by atoms with E-state index in [4.69, 9.17) is 5.11 Å². The van der Waals surface area contributed by atoms with Crippen LogP contribution in [0.3, 0.4) is 0 Å². The van der Waals surface area contributed by atoms with E-state index in [9.17, 15) is 26.7 Å². The van der Waals surface area contributed by atoms with Crippen molar-refractivity contribution in [2.45, 2.75) is 12.1 Å². The van der Waals surface area contributed by atoms with Gasteiger partial charge >= 0.3 is 18.1 Å². The van der Waals surface area contributed by atoms with Crippen molar-refractivity contribution in [3.63, 3.8) is 0 Å². The SMILES string of the molecule is O=C(O)C(F)(F)c1cncc(C(F)(F)F)n1. The molecule has 0 amide bonds. The number of nitrogens with zero attached hydrogens (tertiary/aromatic N) is 2. The third kappa shape index (κ3) is 2.23. The van der Waals surface area contributed by atoms with Gasteiger partial charge in [0.1, 0.15) is 5.69 Å². The van der Waals surface area contributed by atoms with Gasteiger partial charge in [0.05, 0.1) is 12.4 Å². The molecule has 0 aliphatic heterocycles. The van der Waals surface area contributed by atoms with E-state index >= 15 is 0 Å². The number of aromatic nitrogens is 2. The Morgan fingerprint density at radius 3 is 2.06 bits per heavy atom. The summed E-state index contributed by atoms with van der Waals surface area (Å²) in [7, 11) is 0. The minimum absolute atomic E-state index is 0.224. The zero-order chi connectivity index (χ0) is 12.6. The monoisotopic (exact) mass is 242 g/mol. The fourth-order valence-electron chi connectivity index (χ4n) is 0.763. The lowest BCUT2D eigenvalue weighted by molar-refractivity contribution is -0.167. The van der Waals surface area contributed by atoms with Crippen molar-refractivity contribution in [2.24, 2.45) is 0 Å². The number of alkyl halides is 5. The van der Waals surface area contributed by atoms with E-state index in [0.717, 1.165) is 0 Å². The van der Waals surface area contributed by atoms with E-state index < -0.39 is 29.5 Å². The lowest BCUT2D eigenvalue weighted by atomic mass is 10.2. The Kier molecular flexibility index (Phi) is 2.80. The minimum atomic E-state index is -4.96. The summed E-state index contributed by atoms with van der Waals surface area (Å²) < 4.78 is 61.7. The van der Waals surface area contributed by atoms with Crippen molar-refractivity contribution in [1.82, 2.24) is 9.97 Å². The van der Waals surface area contributed by atoms with E-state index in [-0.39, 0.29) is 12.4 Å². The van der Waals surface area contributed by atoms with E-state index in [1.54, 1.807) is 0 Å². The largest absolute Gasteiger partial charge is 0.476 e. The average molecular weight is 242 g/mol. The molecule has 1 aromatic rings. The van der Waals surface area contributed by atoms with Gasteiger partial charge in [-0.15, -0.1) is 0 Å². The van der Waals surface area contributed by atoms with Crippen LogP contribution < -0.4 is 0 Å². The predicted molar refractivity (Wildman–Crippen MR) is 38.6 cm³/mol. The first-order chi connectivity index (χ1) is 7.15. The molecule has 88 valence electrons. The summed E-state index contributed by atoms with van der Waals surface area (Å²) in [5.74, 6) is -7.10. The van der Waals surface area contributed by atoms with Crippen molar-refractivity contribution in [1.29, 1.82) is 0 Å². The van der Waals surface area contributed by atoms with Gasteiger partial charge in [-0.2, -0.15) is 22.0 Å². The average Bonchev–Trinajstić information content (AvgIpc) is 2.16. The second-order valence-electron chi connectivity index (χ2n) is 2.67. The van der Waals surface area contributed by atoms with Crippen LogP contribution in [-0.4, -0.2) is 21.0 Å². The standard InChI is InChI=1S/C7H3F5N2O2/c8-6(9,5(15)16)3-1-13-2-4(14-3)7(10,11)12/h1-2H,(H,15,16). The Hall–Kier alpha value is -1.80. The number of hydrogen-bond donors (Lipinski definition) is 1. The minimum Gasteiger partial charge on any atom is -0.476 e. The molecule has 9 heteroatoms. The lowest BCUT2D eigenvalue weighted by Gasteiger charge is -2.11. The highest BCUT2D eigenvalue weighted by atomic mass is 19.4. The molecule has 0 saturated carbocycles. The summed E-state index contributed by atoms with van der Waals surface area (Å²) in [5.41, 5.74) is -3.24. The lowest BCUT2D eigenvalue weighted by Crippen LogP contribution is -2.28. The van der Waals surface area contributed by atoms with Gasteiger partial charge in [0, 0.05) is 0 Å². The molecule has 0 fully saturated rings. The van der Waals surface area contributed by atoms with Gasteiger partial charge in [-0.25, -0.2) is 9.78 Å². The fourth-order valence-corrected chi connectivity index (χ4v) is 0.763. The highest BCUT2D eigenvalue weighted by Crippen LogP contribution is 2.31. The first-order valence-electron chi connectivity index (χ1n) is 3.66. The molecule has 4 nitrogen and oxygen atoms in total. The molecule has 1 aromatic heterocycles. The second-order valence-corrected chi connectivity index (χ2v) is 2.67. The molecule has 0 spiro atoms. The third-order valence-electron chi connectivity index (χ3n) is 1.52. The number of halogens is 5. The van der Waals surface area contributed by atoms with Crippen LogP contribution in [0, 0.1) is 0 Å². The molecule has 0 aromatic carbocycles. The molecule has 0 atom stereocenters. The quantitative estimate of drug-likeness (QED) is 0.801. The molecule has 1 N–H and O–H groups in total. The van der Waals surface area contributed by atoms with Crippen LogP contribution in [0.4, 0.5) is 22.0 Å². The number of hydrogen-bond acceptors (Lipinski definition) is 3. The summed E-state index contributed by atoms with van der Waals surface area (Å²) in [6.45, 7) is 0. The molecule has 1 heterocycles. The number of carboxylic acid groups (broad SMARTS) is 1. The highest BCUT2D eigenvalue weighted by Gasteiger charge is 2.44. The zero-order valence-electron chi connectivity index (χ0n) is 7.29. The van der Waals surface area contributed by atoms with Crippen LogP contribution in [0.15, 0.2) is 12.4 Å². The number of rotatable bonds is 2. The van der Waals surface area contributed by atoms with Crippen molar-refractivity contribution < 1.29 is 31.9 Å². The smallest absolute Gasteiger partial charge is 0.434 e. The molecule has 0 radical (unpaired) electrons. The molecule has 0 aliphatic carbocycles. The zero-order valence-corrected chi connectivity index (χ0v) is 7.29. The molecular weight excluding hydrogens is 239 g/mol. The maximum Gasteiger partial charge on any atom is 0.434 e. The van der Waals surface area contributed by atoms with Crippen molar-refractivity contribution in [3.8, 4) is 0 Å². The summed E-state index contributed by atoms with van der Waals surface area (Å²) in [4.78, 5) is 15.5. The first-order valence-corrected chi connectivity index (χ1v) is 3.66. The van der Waals surface area contributed by atoms with E-state index in [1.807, 2.05) is 0 Å². The summed E-state index contributed by atoms with van der Waals surface area (Å²) in [5, 5.41) is 8.09. The van der Waals surface area contributed by atoms with Crippen LogP contribution in [0.1, 0.15) is 11.4 Å². The third-order valence-corrected chi connectivity index (χ3v) is 1.52. The van der Waals surface area contributed by atoms with Crippen molar-refractivity contribution >= 4 is 5.97 Å². The maximum absolute atomic E-state index is 12.8. The summed E-state index contributed by atoms with van der Waals surface area (Å²) in [6, 6.07) is 0. The van der Waals surface area contributed by atoms with E-state index in [0.29, 0.717) is 0 Å². The van der Waals surface area contributed by atoms with Crippen molar-refractivity contribution in [2.75, 3.05) is 0 Å². The molecule has 0 unspecified atom stereocenters. The van der Waals surface area contributed by atoms with Gasteiger partial charge in [-0.3, -0.25) is 4.98 Å². The van der Waals surface area contributed by atoms with Gasteiger partial charge in [0.2, 0.25) is 0 Å². The van der Waals surface area contributed by atoms with Gasteiger partial charge in [0.25, 0.3) is 0 Å². The van der Waals surface area contributed by atoms with E-state index in [2.05, 4.69) is 9.97 Å². The Balaban J connectivity index is 3.23. The van der Waals surface area contributed by atoms with Gasteiger partial charge in [0.15, 0.2) is 5.69 Å². The topological polar surface area (TPSA) is 63.1 Å². The van der Waals surface area contributed by atoms with Crippen LogP contribution in [0.5, 0.6) is 0 Å². The Bertz CT molecular complexity index is 417. The number of aliphatic carboxylic acids is 1. The molecule has 0 aliphatic rings. The van der Waals surface area contributed by atoms with Crippen LogP contribution in [0.2, 0.25) is 0 Å². The summed E-state index contributed by atoms with van der Waals surface area (Å²) >= 11 is 0. The van der Waals surface area contributed by atoms with Gasteiger partial charge in [-0.05, 0) is 0 Å². The molecule has 0 saturated heterocycles. The van der Waals surface area contributed by atoms with Crippen LogP contribution in [0.25, 0.3) is 0 Å². The number of carbonyl (C=O) groups is 1. The van der Waals surface area contributed by atoms with Crippen LogP contribution in [-0.2, 0) is 16.9 Å². The fraction of sp³-hybridized carbons (Fsp3) is 0.286. The van der Waals surface area contributed by atoms with Crippen LogP contribution >= 0.6 is 0 Å². The Morgan fingerprint density at radius 2 is 1.62 bits per heavy atom. The van der Waals surface area contributed by atoms with Crippen molar-refractivity contribution in [3.05, 3.63) is 23.8 Å². The summed E-state index contributed by atoms with van der Waals surface area (Å²) in [6.07, 6.45) is -4.47. The number of carboxylic acids is 1. The molecule has 1 rings (SSSR count). The predicted octanol–water partition coefficient (Wildman–Crippen LogP) is 1.67. The molecule has 0 bridgehead atoms. The van der Waals surface area contributed by atoms with Gasteiger partial charge in [-0.1, -0.05) is 0 Å². The Morgan fingerprint density at radius 1 is 1.12 bits per heavy atom.